The average Bonchev–Trinajstić information content (AvgIpc) is 2.89. The highest BCUT2D eigenvalue weighted by Crippen LogP contribution is 2.69. The first-order valence-electron chi connectivity index (χ1n) is 8.55. The second-order valence-electron chi connectivity index (χ2n) is 7.16. The van der Waals surface area contributed by atoms with Gasteiger partial charge in [0.05, 0.1) is 29.1 Å². The van der Waals surface area contributed by atoms with E-state index >= 15 is 0 Å². The summed E-state index contributed by atoms with van der Waals surface area (Å²) in [6.45, 7) is 0. The summed E-state index contributed by atoms with van der Waals surface area (Å²) in [5.74, 6) is -3.01. The number of nitriles is 3. The normalized spacial score (nSPS) is 35.9. The number of ether oxygens (including phenoxy) is 2. The Hall–Kier alpha value is -2.66. The summed E-state index contributed by atoms with van der Waals surface area (Å²) >= 11 is 5.76. The molecule has 0 spiro atoms. The molecule has 0 amide bonds. The van der Waals surface area contributed by atoms with Crippen molar-refractivity contribution in [1.29, 1.82) is 21.2 Å². The summed E-state index contributed by atoms with van der Waals surface area (Å²) < 4.78 is 26.0. The van der Waals surface area contributed by atoms with Crippen LogP contribution in [0, 0.1) is 62.0 Å². The number of nitrogens with one attached hydrogen (secondary N) is 1. The van der Waals surface area contributed by atoms with E-state index < -0.39 is 40.4 Å². The SMILES string of the molecule is N#CC1(C#N)C(c2ccc(Cl)c(F)c2)OC23CCCCC2C1(C#N)C(=N)O3. The minimum Gasteiger partial charge on any atom is -0.447 e. The number of hydrogen-bond donors (Lipinski definition) is 1. The Morgan fingerprint density at radius 3 is 2.56 bits per heavy atom. The fourth-order valence-electron chi connectivity index (χ4n) is 4.84. The third-order valence-corrected chi connectivity index (χ3v) is 6.37. The average molecular weight is 385 g/mol. The summed E-state index contributed by atoms with van der Waals surface area (Å²) in [6, 6.07) is 9.85. The topological polar surface area (TPSA) is 114 Å². The Morgan fingerprint density at radius 2 is 1.93 bits per heavy atom. The fourth-order valence-corrected chi connectivity index (χ4v) is 4.95. The van der Waals surface area contributed by atoms with Crippen molar-refractivity contribution < 1.29 is 13.9 Å². The van der Waals surface area contributed by atoms with Crippen LogP contribution in [0.5, 0.6) is 0 Å². The predicted molar refractivity (Wildman–Crippen MR) is 90.4 cm³/mol. The van der Waals surface area contributed by atoms with Crippen molar-refractivity contribution in [3.8, 4) is 18.2 Å². The molecule has 136 valence electrons. The summed E-state index contributed by atoms with van der Waals surface area (Å²) in [5.41, 5.74) is -3.63. The molecule has 27 heavy (non-hydrogen) atoms. The van der Waals surface area contributed by atoms with Crippen LogP contribution in [0.4, 0.5) is 4.39 Å². The number of halogens is 2. The molecule has 0 radical (unpaired) electrons. The Balaban J connectivity index is 2.00. The van der Waals surface area contributed by atoms with Gasteiger partial charge in [0, 0.05) is 6.42 Å². The maximum absolute atomic E-state index is 14.1. The van der Waals surface area contributed by atoms with E-state index in [-0.39, 0.29) is 10.6 Å². The lowest BCUT2D eigenvalue weighted by Crippen LogP contribution is -2.60. The molecule has 4 atom stereocenters. The molecule has 3 aliphatic rings. The molecular weight excluding hydrogens is 371 g/mol. The van der Waals surface area contributed by atoms with Gasteiger partial charge in [-0.05, 0) is 30.5 Å². The van der Waals surface area contributed by atoms with Gasteiger partial charge in [-0.1, -0.05) is 24.1 Å². The van der Waals surface area contributed by atoms with Crippen LogP contribution >= 0.6 is 11.6 Å². The van der Waals surface area contributed by atoms with E-state index in [0.717, 1.165) is 18.9 Å². The van der Waals surface area contributed by atoms with Crippen LogP contribution in [0.2, 0.25) is 5.02 Å². The van der Waals surface area contributed by atoms with Crippen molar-refractivity contribution in [3.63, 3.8) is 0 Å². The summed E-state index contributed by atoms with van der Waals surface area (Å²) in [6.07, 6.45) is 1.23. The zero-order chi connectivity index (χ0) is 19.4. The Morgan fingerprint density at radius 1 is 1.19 bits per heavy atom. The fraction of sp³-hybridized carbons (Fsp3) is 0.474. The lowest BCUT2D eigenvalue weighted by Gasteiger charge is -2.51. The molecule has 4 unspecified atom stereocenters. The highest BCUT2D eigenvalue weighted by molar-refractivity contribution is 6.30. The lowest BCUT2D eigenvalue weighted by atomic mass is 9.51. The second kappa shape index (κ2) is 5.67. The molecule has 3 fully saturated rings. The number of hydrogen-bond acceptors (Lipinski definition) is 6. The van der Waals surface area contributed by atoms with Crippen LogP contribution in [-0.2, 0) is 9.47 Å². The summed E-state index contributed by atoms with van der Waals surface area (Å²) in [5, 5.41) is 38.5. The molecule has 1 aliphatic carbocycles. The predicted octanol–water partition coefficient (Wildman–Crippen LogP) is 3.99. The van der Waals surface area contributed by atoms with E-state index in [1.54, 1.807) is 0 Å². The van der Waals surface area contributed by atoms with Gasteiger partial charge in [-0.2, -0.15) is 15.8 Å². The van der Waals surface area contributed by atoms with Gasteiger partial charge in [0.2, 0.25) is 17.1 Å². The monoisotopic (exact) mass is 384 g/mol. The molecule has 1 N–H and O–H groups in total. The van der Waals surface area contributed by atoms with Gasteiger partial charge < -0.3 is 9.47 Å². The van der Waals surface area contributed by atoms with Crippen LogP contribution in [0.1, 0.15) is 37.4 Å². The first-order valence-corrected chi connectivity index (χ1v) is 8.93. The molecule has 2 aliphatic heterocycles. The van der Waals surface area contributed by atoms with Crippen molar-refractivity contribution >= 4 is 17.5 Å². The molecule has 2 saturated heterocycles. The van der Waals surface area contributed by atoms with Crippen molar-refractivity contribution in [2.45, 2.75) is 37.6 Å². The van der Waals surface area contributed by atoms with Crippen LogP contribution in [0.25, 0.3) is 0 Å². The molecule has 2 heterocycles. The van der Waals surface area contributed by atoms with Gasteiger partial charge >= 0.3 is 0 Å². The van der Waals surface area contributed by atoms with Crippen LogP contribution in [-0.4, -0.2) is 11.7 Å². The molecular formula is C19H14ClFN4O2. The molecule has 1 saturated carbocycles. The number of nitrogens with zero attached hydrogens (tertiary/aromatic N) is 3. The molecule has 4 rings (SSSR count). The molecule has 6 nitrogen and oxygen atoms in total. The highest BCUT2D eigenvalue weighted by atomic mass is 35.5. The summed E-state index contributed by atoms with van der Waals surface area (Å²) in [7, 11) is 0. The van der Waals surface area contributed by atoms with Gasteiger partial charge in [0.15, 0.2) is 5.41 Å². The van der Waals surface area contributed by atoms with Gasteiger partial charge in [-0.15, -0.1) is 0 Å². The Labute approximate surface area is 160 Å². The van der Waals surface area contributed by atoms with E-state index in [0.29, 0.717) is 12.8 Å². The van der Waals surface area contributed by atoms with Crippen molar-refractivity contribution in [3.05, 3.63) is 34.6 Å². The third kappa shape index (κ3) is 1.92. The highest BCUT2D eigenvalue weighted by Gasteiger charge is 2.80. The first kappa shape index (κ1) is 17.7. The first-order chi connectivity index (χ1) is 12.9. The van der Waals surface area contributed by atoms with Crippen molar-refractivity contribution in [2.24, 2.45) is 16.7 Å². The molecule has 1 aromatic rings. The van der Waals surface area contributed by atoms with Crippen LogP contribution in [0.15, 0.2) is 18.2 Å². The van der Waals surface area contributed by atoms with Crippen molar-refractivity contribution in [2.75, 3.05) is 0 Å². The largest absolute Gasteiger partial charge is 0.447 e. The zero-order valence-electron chi connectivity index (χ0n) is 14.1. The summed E-state index contributed by atoms with van der Waals surface area (Å²) in [4.78, 5) is 0. The number of rotatable bonds is 1. The van der Waals surface area contributed by atoms with E-state index in [4.69, 9.17) is 26.5 Å². The van der Waals surface area contributed by atoms with E-state index in [2.05, 4.69) is 6.07 Å². The third-order valence-electron chi connectivity index (χ3n) is 6.06. The number of benzene rings is 1. The minimum atomic E-state index is -2.05. The lowest BCUT2D eigenvalue weighted by molar-refractivity contribution is -0.294. The van der Waals surface area contributed by atoms with Crippen LogP contribution in [0.3, 0.4) is 0 Å². The Bertz CT molecular complexity index is 963. The van der Waals surface area contributed by atoms with Gasteiger partial charge in [-0.3, -0.25) is 5.41 Å². The Kier molecular flexibility index (Phi) is 3.72. The molecule has 8 heteroatoms. The maximum atomic E-state index is 14.1. The van der Waals surface area contributed by atoms with Gasteiger partial charge in [0.25, 0.3) is 0 Å². The van der Waals surface area contributed by atoms with Gasteiger partial charge in [-0.25, -0.2) is 4.39 Å². The van der Waals surface area contributed by atoms with E-state index in [1.165, 1.54) is 12.1 Å². The van der Waals surface area contributed by atoms with Gasteiger partial charge in [0.1, 0.15) is 11.9 Å². The zero-order valence-corrected chi connectivity index (χ0v) is 14.9. The van der Waals surface area contributed by atoms with E-state index in [1.807, 2.05) is 12.1 Å². The second-order valence-corrected chi connectivity index (χ2v) is 7.57. The smallest absolute Gasteiger partial charge is 0.217 e. The standard InChI is InChI=1S/C19H14ClFN4O2/c20-12-5-4-11(7-13(12)21)15-17(8-22,9-23)18(10-24)14-3-1-2-6-19(14,26-15)27-16(18)25/h4-5,7,14-15,25H,1-3,6H2. The molecule has 1 aromatic carbocycles. The van der Waals surface area contributed by atoms with Crippen molar-refractivity contribution in [1.82, 2.24) is 0 Å². The maximum Gasteiger partial charge on any atom is 0.217 e. The van der Waals surface area contributed by atoms with Crippen LogP contribution < -0.4 is 0 Å². The quantitative estimate of drug-likeness (QED) is 0.786. The minimum absolute atomic E-state index is 0.107. The molecule has 0 aromatic heterocycles. The van der Waals surface area contributed by atoms with E-state index in [9.17, 15) is 20.2 Å². The molecule has 2 bridgehead atoms.